The highest BCUT2D eigenvalue weighted by Gasteiger charge is 2.30. The Kier molecular flexibility index (Phi) is 6.94. The van der Waals surface area contributed by atoms with Crippen LogP contribution in [0, 0.1) is 0 Å². The largest absolute Gasteiger partial charge is 0.389 e. The third kappa shape index (κ3) is 12.9. The van der Waals surface area contributed by atoms with Crippen molar-refractivity contribution >= 4 is 20.0 Å². The van der Waals surface area contributed by atoms with E-state index < -0.39 is 69.6 Å². The van der Waals surface area contributed by atoms with Gasteiger partial charge in [0.25, 0.3) is 0 Å². The Morgan fingerprint density at radius 2 is 0.952 bits per heavy atom. The Morgan fingerprint density at radius 3 is 1.19 bits per heavy atom. The van der Waals surface area contributed by atoms with Gasteiger partial charge in [-0.1, -0.05) is 0 Å². The highest BCUT2D eigenvalue weighted by atomic mass is 32.3. The molecule has 0 heterocycles. The smallest absolute Gasteiger partial charge is 0.211 e. The zero-order valence-corrected chi connectivity index (χ0v) is 12.1. The van der Waals surface area contributed by atoms with E-state index in [9.17, 15) is 43.2 Å². The molecule has 1 N–H and O–H groups in total. The second-order valence-corrected chi connectivity index (χ2v) is 8.10. The van der Waals surface area contributed by atoms with E-state index in [1.54, 1.807) is 0 Å². The average molecular weight is 365 g/mol. The Hall–Kier alpha value is -0.560. The van der Waals surface area contributed by atoms with Gasteiger partial charge in [-0.25, -0.2) is 16.8 Å². The normalized spacial score (nSPS) is 14.4. The molecule has 5 nitrogen and oxygen atoms in total. The third-order valence-electron chi connectivity index (χ3n) is 2.00. The van der Waals surface area contributed by atoms with Gasteiger partial charge in [0, 0.05) is 12.8 Å². The summed E-state index contributed by atoms with van der Waals surface area (Å²) in [7, 11) is -9.09. The molecule has 0 amide bonds. The van der Waals surface area contributed by atoms with Gasteiger partial charge in [-0.3, -0.25) is 0 Å². The number of rotatable bonds is 8. The number of nitrogens with one attached hydrogen (secondary N) is 1. The maximum atomic E-state index is 11.8. The first-order valence-electron chi connectivity index (χ1n) is 5.49. The SMILES string of the molecule is O=S(=O)(CCCC(F)(F)F)NS(=O)(=O)CCCC(F)(F)F. The van der Waals surface area contributed by atoms with Crippen LogP contribution in [0.25, 0.3) is 0 Å². The van der Waals surface area contributed by atoms with Crippen molar-refractivity contribution in [2.75, 3.05) is 11.5 Å². The molecule has 0 aliphatic carbocycles. The van der Waals surface area contributed by atoms with Crippen LogP contribution < -0.4 is 4.13 Å². The van der Waals surface area contributed by atoms with Crippen LogP contribution in [0.15, 0.2) is 0 Å². The van der Waals surface area contributed by atoms with E-state index in [0.717, 1.165) is 4.13 Å². The Balaban J connectivity index is 4.36. The Morgan fingerprint density at radius 1 is 0.667 bits per heavy atom. The quantitative estimate of drug-likeness (QED) is 0.667. The molecule has 128 valence electrons. The van der Waals surface area contributed by atoms with E-state index in [-0.39, 0.29) is 0 Å². The molecule has 0 saturated heterocycles. The first-order chi connectivity index (χ1) is 9.12. The fraction of sp³-hybridized carbons (Fsp3) is 1.00. The maximum Gasteiger partial charge on any atom is 0.389 e. The van der Waals surface area contributed by atoms with E-state index in [2.05, 4.69) is 0 Å². The monoisotopic (exact) mass is 365 g/mol. The highest BCUT2D eigenvalue weighted by Crippen LogP contribution is 2.22. The van der Waals surface area contributed by atoms with Gasteiger partial charge in [0.05, 0.1) is 11.5 Å². The van der Waals surface area contributed by atoms with E-state index in [4.69, 9.17) is 0 Å². The van der Waals surface area contributed by atoms with Crippen LogP contribution >= 0.6 is 0 Å². The summed E-state index contributed by atoms with van der Waals surface area (Å²) in [6.45, 7) is 0. The summed E-state index contributed by atoms with van der Waals surface area (Å²) >= 11 is 0. The van der Waals surface area contributed by atoms with Gasteiger partial charge in [0.2, 0.25) is 20.0 Å². The van der Waals surface area contributed by atoms with Crippen LogP contribution in [0.4, 0.5) is 26.3 Å². The molecule has 0 aliphatic rings. The molecule has 21 heavy (non-hydrogen) atoms. The minimum absolute atomic E-state index is 0.850. The maximum absolute atomic E-state index is 11.8. The summed E-state index contributed by atoms with van der Waals surface area (Å²) in [5, 5.41) is 0. The lowest BCUT2D eigenvalue weighted by Crippen LogP contribution is -2.34. The van der Waals surface area contributed by atoms with Gasteiger partial charge in [-0.05, 0) is 12.8 Å². The number of sulfonamides is 2. The molecule has 13 heteroatoms. The molecular weight excluding hydrogens is 352 g/mol. The molecular formula is C8H13F6NO4S2. The summed E-state index contributed by atoms with van der Waals surface area (Å²) in [4.78, 5) is 0. The Labute approximate surface area is 117 Å². The molecule has 0 saturated carbocycles. The van der Waals surface area contributed by atoms with Crippen LogP contribution in [-0.2, 0) is 20.0 Å². The second-order valence-electron chi connectivity index (χ2n) is 4.16. The summed E-state index contributed by atoms with van der Waals surface area (Å²) in [6.07, 6.45) is -13.7. The second kappa shape index (κ2) is 7.13. The lowest BCUT2D eigenvalue weighted by molar-refractivity contribution is -0.135. The molecule has 0 atom stereocenters. The molecule has 0 aromatic heterocycles. The predicted molar refractivity (Wildman–Crippen MR) is 61.3 cm³/mol. The fourth-order valence-corrected chi connectivity index (χ4v) is 4.47. The summed E-state index contributed by atoms with van der Waals surface area (Å²) in [6, 6.07) is 0. The van der Waals surface area contributed by atoms with Gasteiger partial charge in [-0.2, -0.15) is 26.3 Å². The van der Waals surface area contributed by atoms with Crippen LogP contribution in [0.5, 0.6) is 0 Å². The number of hydrogen-bond acceptors (Lipinski definition) is 4. The topological polar surface area (TPSA) is 80.3 Å². The van der Waals surface area contributed by atoms with Crippen molar-refractivity contribution in [3.05, 3.63) is 0 Å². The highest BCUT2D eigenvalue weighted by molar-refractivity contribution is 8.04. The summed E-state index contributed by atoms with van der Waals surface area (Å²) in [5.41, 5.74) is 0. The summed E-state index contributed by atoms with van der Waals surface area (Å²) in [5.74, 6) is -2.18. The van der Waals surface area contributed by atoms with Gasteiger partial charge < -0.3 is 0 Å². The minimum atomic E-state index is -4.58. The molecule has 0 aromatic rings. The number of halogens is 6. The van der Waals surface area contributed by atoms with Crippen molar-refractivity contribution in [2.24, 2.45) is 0 Å². The molecule has 0 aromatic carbocycles. The number of alkyl halides is 6. The van der Waals surface area contributed by atoms with E-state index >= 15 is 0 Å². The molecule has 0 aliphatic heterocycles. The zero-order chi connectivity index (χ0) is 16.9. The van der Waals surface area contributed by atoms with Crippen molar-refractivity contribution in [2.45, 2.75) is 38.0 Å². The van der Waals surface area contributed by atoms with Gasteiger partial charge >= 0.3 is 12.4 Å². The first-order valence-corrected chi connectivity index (χ1v) is 8.80. The number of hydrogen-bond donors (Lipinski definition) is 1. The van der Waals surface area contributed by atoms with Crippen LogP contribution in [-0.4, -0.2) is 40.7 Å². The predicted octanol–water partition coefficient (Wildman–Crippen LogP) is 1.92. The van der Waals surface area contributed by atoms with Gasteiger partial charge in [0.15, 0.2) is 0 Å². The standard InChI is InChI=1S/C8H13F6NO4S2/c9-7(10,11)3-1-5-20(16,17)15-21(18,19)6-2-4-8(12,13)14/h15H,1-6H2. The van der Waals surface area contributed by atoms with Crippen LogP contribution in [0.2, 0.25) is 0 Å². The van der Waals surface area contributed by atoms with E-state index in [0.29, 0.717) is 0 Å². The molecule has 0 unspecified atom stereocenters. The molecule has 0 fully saturated rings. The van der Waals surface area contributed by atoms with Crippen LogP contribution in [0.3, 0.4) is 0 Å². The van der Waals surface area contributed by atoms with Crippen molar-refractivity contribution in [3.63, 3.8) is 0 Å². The minimum Gasteiger partial charge on any atom is -0.211 e. The van der Waals surface area contributed by atoms with E-state index in [1.807, 2.05) is 0 Å². The fourth-order valence-electron chi connectivity index (χ4n) is 1.20. The summed E-state index contributed by atoms with van der Waals surface area (Å²) < 4.78 is 117. The lowest BCUT2D eigenvalue weighted by Gasteiger charge is -2.09. The van der Waals surface area contributed by atoms with Gasteiger partial charge in [-0.15, -0.1) is 4.13 Å². The lowest BCUT2D eigenvalue weighted by atomic mass is 10.3. The zero-order valence-electron chi connectivity index (χ0n) is 10.5. The third-order valence-corrected chi connectivity index (χ3v) is 5.68. The van der Waals surface area contributed by atoms with E-state index in [1.165, 1.54) is 0 Å². The molecule has 0 bridgehead atoms. The van der Waals surface area contributed by atoms with Gasteiger partial charge in [0.1, 0.15) is 0 Å². The first kappa shape index (κ1) is 20.4. The van der Waals surface area contributed by atoms with Crippen LogP contribution in [0.1, 0.15) is 25.7 Å². The van der Waals surface area contributed by atoms with Crippen molar-refractivity contribution in [3.8, 4) is 0 Å². The van der Waals surface area contributed by atoms with Crippen molar-refractivity contribution < 1.29 is 43.2 Å². The Bertz CT molecular complexity index is 474. The van der Waals surface area contributed by atoms with Crippen molar-refractivity contribution in [1.29, 1.82) is 0 Å². The average Bonchev–Trinajstić information content (AvgIpc) is 2.09. The molecule has 0 spiro atoms. The molecule has 0 rings (SSSR count). The van der Waals surface area contributed by atoms with Crippen molar-refractivity contribution in [1.82, 2.24) is 4.13 Å². The molecule has 0 radical (unpaired) electrons.